The third-order valence-corrected chi connectivity index (χ3v) is 14.5. The molecule has 0 N–H and O–H groups in total. The summed E-state index contributed by atoms with van der Waals surface area (Å²) in [6.45, 7) is 0. The number of hydrogen-bond donors (Lipinski definition) is 0. The van der Waals surface area contributed by atoms with Gasteiger partial charge in [-0.1, -0.05) is 176 Å². The second-order valence-electron chi connectivity index (χ2n) is 18.0. The van der Waals surface area contributed by atoms with E-state index in [4.69, 9.17) is 0 Å². The van der Waals surface area contributed by atoms with Crippen molar-refractivity contribution in [2.24, 2.45) is 0 Å². The second-order valence-corrected chi connectivity index (χ2v) is 18.0. The number of anilines is 6. The quantitative estimate of drug-likeness (QED) is 0.158. The molecule has 0 aliphatic heterocycles. The third kappa shape index (κ3) is 5.47. The fraction of sp³-hybridized carbons (Fsp3) is 0.0154. The van der Waals surface area contributed by atoms with Gasteiger partial charge in [0.2, 0.25) is 0 Å². The summed E-state index contributed by atoms with van der Waals surface area (Å²) in [6.07, 6.45) is 0. The molecular weight excluding hydrogens is 823 g/mol. The highest BCUT2D eigenvalue weighted by Gasteiger charge is 2.54. The van der Waals surface area contributed by atoms with Crippen LogP contribution in [0.4, 0.5) is 34.1 Å². The molecule has 0 amide bonds. The van der Waals surface area contributed by atoms with Crippen LogP contribution in [0.25, 0.3) is 60.5 Å². The molecule has 14 rings (SSSR count). The smallest absolute Gasteiger partial charge is 0.0747 e. The lowest BCUT2D eigenvalue weighted by Gasteiger charge is -2.37. The van der Waals surface area contributed by atoms with Gasteiger partial charge in [-0.25, -0.2) is 0 Å². The Hall–Kier alpha value is -8.92. The lowest BCUT2D eigenvalue weighted by atomic mass is 9.69. The fourth-order valence-electron chi connectivity index (χ4n) is 11.8. The summed E-state index contributed by atoms with van der Waals surface area (Å²) in [4.78, 5) is 4.96. The van der Waals surface area contributed by atoms with Gasteiger partial charge in [0, 0.05) is 55.8 Å². The largest absolute Gasteiger partial charge is 0.310 e. The van der Waals surface area contributed by atoms with E-state index in [0.717, 1.165) is 39.6 Å². The summed E-state index contributed by atoms with van der Waals surface area (Å²) in [5.41, 5.74) is 19.8. The van der Waals surface area contributed by atoms with Crippen molar-refractivity contribution in [3.8, 4) is 27.9 Å². The van der Waals surface area contributed by atoms with Gasteiger partial charge < -0.3 is 14.4 Å². The molecule has 68 heavy (non-hydrogen) atoms. The van der Waals surface area contributed by atoms with Gasteiger partial charge in [0.05, 0.1) is 22.1 Å². The van der Waals surface area contributed by atoms with Crippen molar-refractivity contribution in [2.75, 3.05) is 9.80 Å². The predicted octanol–water partition coefficient (Wildman–Crippen LogP) is 17.2. The minimum absolute atomic E-state index is 0.666. The van der Waals surface area contributed by atoms with Crippen LogP contribution in [-0.4, -0.2) is 4.57 Å². The highest BCUT2D eigenvalue weighted by atomic mass is 15.2. The molecule has 0 bridgehead atoms. The summed E-state index contributed by atoms with van der Waals surface area (Å²) in [5.74, 6) is 0. The Bertz CT molecular complexity index is 3870. The van der Waals surface area contributed by atoms with Gasteiger partial charge in [0.15, 0.2) is 0 Å². The lowest BCUT2D eigenvalue weighted by molar-refractivity contribution is 0.794. The molecule has 0 radical (unpaired) electrons. The summed E-state index contributed by atoms with van der Waals surface area (Å²) >= 11 is 0. The molecule has 1 unspecified atom stereocenters. The predicted molar refractivity (Wildman–Crippen MR) is 284 cm³/mol. The van der Waals surface area contributed by atoms with Crippen LogP contribution in [0.2, 0.25) is 0 Å². The topological polar surface area (TPSA) is 11.4 Å². The minimum atomic E-state index is -0.666. The molecule has 0 saturated carbocycles. The monoisotopic (exact) mass is 865 g/mol. The van der Waals surface area contributed by atoms with Crippen molar-refractivity contribution in [3.05, 3.63) is 283 Å². The van der Waals surface area contributed by atoms with E-state index in [9.17, 15) is 0 Å². The molecule has 3 heteroatoms. The average molecular weight is 866 g/mol. The molecule has 2 aliphatic carbocycles. The van der Waals surface area contributed by atoms with E-state index < -0.39 is 5.41 Å². The standard InChI is InChI=1S/C65H43N3/c1-5-22-45(23-6-1)66(50-38-40-56-55-33-17-20-36-61(55)68(62(56)43-50)48-28-11-4-12-29-48)49-37-39-54-52-31-15-18-34-58(52)65(60(54)42-49)59-35-19-16-32-53(59)57-41-44-21-13-14-30-51(44)64(63(57)65)67(46-24-7-2-8-25-46)47-26-9-3-10-27-47/h1-43H. The molecule has 0 saturated heterocycles. The van der Waals surface area contributed by atoms with Crippen molar-refractivity contribution in [1.82, 2.24) is 4.57 Å². The molecule has 318 valence electrons. The van der Waals surface area contributed by atoms with Crippen LogP contribution >= 0.6 is 0 Å². The third-order valence-electron chi connectivity index (χ3n) is 14.5. The molecular formula is C65H43N3. The zero-order valence-electron chi connectivity index (χ0n) is 37.2. The number of nitrogens with zero attached hydrogens (tertiary/aromatic N) is 3. The summed E-state index contributed by atoms with van der Waals surface area (Å²) in [6, 6.07) is 96.2. The molecule has 1 spiro atoms. The van der Waals surface area contributed by atoms with Crippen molar-refractivity contribution in [2.45, 2.75) is 5.41 Å². The lowest BCUT2D eigenvalue weighted by Crippen LogP contribution is -2.28. The first-order valence-corrected chi connectivity index (χ1v) is 23.5. The van der Waals surface area contributed by atoms with Gasteiger partial charge in [-0.2, -0.15) is 0 Å². The van der Waals surface area contributed by atoms with E-state index in [-0.39, 0.29) is 0 Å². The number of rotatable bonds is 7. The first kappa shape index (κ1) is 38.4. The van der Waals surface area contributed by atoms with Gasteiger partial charge >= 0.3 is 0 Å². The number of para-hydroxylation sites is 5. The van der Waals surface area contributed by atoms with Crippen LogP contribution in [0.1, 0.15) is 22.3 Å². The van der Waals surface area contributed by atoms with Gasteiger partial charge in [0.25, 0.3) is 0 Å². The normalized spacial score (nSPS) is 14.2. The van der Waals surface area contributed by atoms with Crippen molar-refractivity contribution < 1.29 is 0 Å². The highest BCUT2D eigenvalue weighted by Crippen LogP contribution is 2.67. The first-order chi connectivity index (χ1) is 33.8. The molecule has 0 fully saturated rings. The maximum atomic E-state index is 2.51. The Morgan fingerprint density at radius 2 is 0.779 bits per heavy atom. The van der Waals surface area contributed by atoms with Crippen LogP contribution < -0.4 is 9.80 Å². The van der Waals surface area contributed by atoms with E-state index in [2.05, 4.69) is 275 Å². The van der Waals surface area contributed by atoms with E-state index >= 15 is 0 Å². The van der Waals surface area contributed by atoms with Gasteiger partial charge in [0.1, 0.15) is 0 Å². The van der Waals surface area contributed by atoms with E-state index in [1.165, 1.54) is 77.3 Å². The highest BCUT2D eigenvalue weighted by molar-refractivity contribution is 6.12. The number of aromatic nitrogens is 1. The zero-order chi connectivity index (χ0) is 44.8. The summed E-state index contributed by atoms with van der Waals surface area (Å²) in [5, 5.41) is 4.89. The molecule has 2 aliphatic rings. The van der Waals surface area contributed by atoms with Crippen LogP contribution in [-0.2, 0) is 5.41 Å². The van der Waals surface area contributed by atoms with Crippen LogP contribution in [0, 0.1) is 0 Å². The van der Waals surface area contributed by atoms with Crippen molar-refractivity contribution in [1.29, 1.82) is 0 Å². The van der Waals surface area contributed by atoms with Crippen molar-refractivity contribution in [3.63, 3.8) is 0 Å². The average Bonchev–Trinajstić information content (AvgIpc) is 4.01. The van der Waals surface area contributed by atoms with Gasteiger partial charge in [-0.05, 0) is 129 Å². The number of benzene rings is 11. The zero-order valence-corrected chi connectivity index (χ0v) is 37.2. The second kappa shape index (κ2) is 15.1. The maximum absolute atomic E-state index is 2.51. The van der Waals surface area contributed by atoms with E-state index in [1.807, 2.05) is 0 Å². The minimum Gasteiger partial charge on any atom is -0.310 e. The molecule has 1 heterocycles. The molecule has 1 atom stereocenters. The van der Waals surface area contributed by atoms with Gasteiger partial charge in [-0.15, -0.1) is 0 Å². The SMILES string of the molecule is c1ccc(N(c2ccc3c(c2)C2(c4ccccc4-3)c3ccccc3-c3cc4ccccc4c(N(c4ccccc4)c4ccccc4)c32)c2ccc3c4ccccc4n(-c4ccccc4)c3c2)cc1. The van der Waals surface area contributed by atoms with Crippen LogP contribution in [0.15, 0.2) is 261 Å². The Balaban J connectivity index is 1.08. The number of hydrogen-bond acceptors (Lipinski definition) is 2. The van der Waals surface area contributed by atoms with E-state index in [0.29, 0.717) is 0 Å². The molecule has 3 nitrogen and oxygen atoms in total. The van der Waals surface area contributed by atoms with Crippen molar-refractivity contribution >= 4 is 66.7 Å². The first-order valence-electron chi connectivity index (χ1n) is 23.5. The molecule has 11 aromatic carbocycles. The summed E-state index contributed by atoms with van der Waals surface area (Å²) in [7, 11) is 0. The Kier molecular flexibility index (Phi) is 8.50. The maximum Gasteiger partial charge on any atom is 0.0747 e. The van der Waals surface area contributed by atoms with E-state index in [1.54, 1.807) is 0 Å². The van der Waals surface area contributed by atoms with Gasteiger partial charge in [-0.3, -0.25) is 0 Å². The van der Waals surface area contributed by atoms with Crippen LogP contribution in [0.5, 0.6) is 0 Å². The fourth-order valence-corrected chi connectivity index (χ4v) is 11.8. The van der Waals surface area contributed by atoms with Crippen LogP contribution in [0.3, 0.4) is 0 Å². The Morgan fingerprint density at radius 3 is 1.46 bits per heavy atom. The molecule has 12 aromatic rings. The number of fused-ring (bicyclic) bond motifs is 14. The Morgan fingerprint density at radius 1 is 0.294 bits per heavy atom. The Labute approximate surface area is 395 Å². The molecule has 1 aromatic heterocycles. The summed E-state index contributed by atoms with van der Waals surface area (Å²) < 4.78 is 2.41.